The summed E-state index contributed by atoms with van der Waals surface area (Å²) in [7, 11) is 3.95. The van der Waals surface area contributed by atoms with Crippen molar-refractivity contribution in [3.05, 3.63) is 71.4 Å². The number of aromatic nitrogens is 3. The minimum absolute atomic E-state index is 0.171. The molecule has 1 fully saturated rings. The number of hydrogen-bond donors (Lipinski definition) is 3. The number of fused-ring (bicyclic) bond motifs is 2. The maximum Gasteiger partial charge on any atom is 0.254 e. The molecular formula is C29H32FN7O2. The van der Waals surface area contributed by atoms with Crippen LogP contribution in [0.1, 0.15) is 34.3 Å². The minimum Gasteiger partial charge on any atom is -0.387 e. The van der Waals surface area contributed by atoms with E-state index in [4.69, 9.17) is 0 Å². The van der Waals surface area contributed by atoms with Crippen molar-refractivity contribution in [3.63, 3.8) is 0 Å². The predicted molar refractivity (Wildman–Crippen MR) is 149 cm³/mol. The second-order valence-corrected chi connectivity index (χ2v) is 10.9. The lowest BCUT2D eigenvalue weighted by Crippen LogP contribution is -2.53. The maximum absolute atomic E-state index is 14.6. The number of pyridine rings is 2. The van der Waals surface area contributed by atoms with Crippen LogP contribution in [-0.2, 0) is 6.54 Å². The van der Waals surface area contributed by atoms with E-state index in [9.17, 15) is 14.3 Å². The van der Waals surface area contributed by atoms with Gasteiger partial charge in [-0.1, -0.05) is 6.07 Å². The predicted octanol–water partition coefficient (Wildman–Crippen LogP) is 3.72. The summed E-state index contributed by atoms with van der Waals surface area (Å²) in [4.78, 5) is 26.0. The molecule has 1 saturated heterocycles. The van der Waals surface area contributed by atoms with Crippen LogP contribution in [0.5, 0.6) is 0 Å². The van der Waals surface area contributed by atoms with Gasteiger partial charge in [-0.05, 0) is 69.3 Å². The summed E-state index contributed by atoms with van der Waals surface area (Å²) in [5.41, 5.74) is 4.57. The van der Waals surface area contributed by atoms with Crippen molar-refractivity contribution in [1.29, 1.82) is 0 Å². The summed E-state index contributed by atoms with van der Waals surface area (Å²) in [5.74, 6) is 0.0889. The number of nitrogens with one attached hydrogen (secondary N) is 2. The summed E-state index contributed by atoms with van der Waals surface area (Å²) in [6, 6.07) is 9.37. The van der Waals surface area contributed by atoms with E-state index in [-0.39, 0.29) is 17.4 Å². The molecule has 1 aromatic carbocycles. The third-order valence-corrected chi connectivity index (χ3v) is 7.60. The summed E-state index contributed by atoms with van der Waals surface area (Å²) in [6.07, 6.45) is 6.93. The van der Waals surface area contributed by atoms with Crippen molar-refractivity contribution >= 4 is 28.7 Å². The molecule has 6 rings (SSSR count). The molecule has 1 atom stereocenters. The molecule has 39 heavy (non-hydrogen) atoms. The van der Waals surface area contributed by atoms with E-state index < -0.39 is 5.60 Å². The summed E-state index contributed by atoms with van der Waals surface area (Å²) in [5, 5.41) is 17.3. The Kier molecular flexibility index (Phi) is 6.23. The Morgan fingerprint density at radius 3 is 2.79 bits per heavy atom. The molecule has 0 aliphatic carbocycles. The van der Waals surface area contributed by atoms with E-state index in [0.717, 1.165) is 41.9 Å². The van der Waals surface area contributed by atoms with Crippen LogP contribution in [0.2, 0.25) is 0 Å². The number of aryl methyl sites for hydroxylation is 1. The third-order valence-electron chi connectivity index (χ3n) is 7.60. The molecule has 3 aromatic heterocycles. The number of β-amino-alcohol motifs (C(OH)–C–C–N with tert-alkyl or cyclic N) is 1. The number of hydrogen-bond acceptors (Lipinski definition) is 7. The number of rotatable bonds is 6. The number of nitrogens with zero attached hydrogens (tertiary/aromatic N) is 5. The molecule has 1 unspecified atom stereocenters. The van der Waals surface area contributed by atoms with Crippen molar-refractivity contribution in [3.8, 4) is 11.3 Å². The number of halogens is 1. The molecule has 0 spiro atoms. The van der Waals surface area contributed by atoms with Crippen LogP contribution in [0.3, 0.4) is 0 Å². The van der Waals surface area contributed by atoms with Crippen molar-refractivity contribution in [2.75, 3.05) is 43.9 Å². The standard InChI is InChI=1S/C29H32FN7O2/c1-18-9-12-37-23(15-32-27(37)26(18)30)20-6-7-22(25-21(20)14-33-28(25)38)34-24-8-5-19(13-31-24)36-11-4-10-29(39,17-36)16-35(2)3/h5-9,12-13,15,39H,4,10-11,14,16-17H2,1-3H3,(H,31,34)(H,33,38). The fourth-order valence-electron chi connectivity index (χ4n) is 5.84. The van der Waals surface area contributed by atoms with Crippen molar-refractivity contribution in [1.82, 2.24) is 24.6 Å². The van der Waals surface area contributed by atoms with Gasteiger partial charge in [0, 0.05) is 37.9 Å². The molecule has 0 radical (unpaired) electrons. The number of piperidine rings is 1. The first-order valence-corrected chi connectivity index (χ1v) is 13.1. The largest absolute Gasteiger partial charge is 0.387 e. The van der Waals surface area contributed by atoms with Gasteiger partial charge in [-0.2, -0.15) is 0 Å². The monoisotopic (exact) mass is 529 g/mol. The highest BCUT2D eigenvalue weighted by atomic mass is 19.1. The Hall–Kier alpha value is -4.02. The van der Waals surface area contributed by atoms with Gasteiger partial charge in [-0.15, -0.1) is 0 Å². The molecule has 2 aliphatic rings. The molecule has 2 aliphatic heterocycles. The molecule has 1 amide bonds. The van der Waals surface area contributed by atoms with Gasteiger partial charge in [-0.3, -0.25) is 9.20 Å². The first-order valence-electron chi connectivity index (χ1n) is 13.1. The van der Waals surface area contributed by atoms with Gasteiger partial charge in [-0.25, -0.2) is 14.4 Å². The Balaban J connectivity index is 1.27. The third kappa shape index (κ3) is 4.59. The number of amides is 1. The van der Waals surface area contributed by atoms with Crippen molar-refractivity contribution < 1.29 is 14.3 Å². The van der Waals surface area contributed by atoms with E-state index in [2.05, 4.69) is 25.5 Å². The van der Waals surface area contributed by atoms with Crippen molar-refractivity contribution in [2.24, 2.45) is 0 Å². The number of benzene rings is 1. The molecule has 0 bridgehead atoms. The van der Waals surface area contributed by atoms with E-state index in [0.29, 0.717) is 42.3 Å². The van der Waals surface area contributed by atoms with Crippen molar-refractivity contribution in [2.45, 2.75) is 31.9 Å². The van der Waals surface area contributed by atoms with Crippen LogP contribution >= 0.6 is 0 Å². The Bertz CT molecular complexity index is 1570. The average molecular weight is 530 g/mol. The first-order chi connectivity index (χ1) is 18.7. The molecule has 9 nitrogen and oxygen atoms in total. The van der Waals surface area contributed by atoms with Gasteiger partial charge >= 0.3 is 0 Å². The number of likely N-dealkylation sites (N-methyl/N-ethyl adjacent to an activating group) is 1. The number of anilines is 3. The molecule has 10 heteroatoms. The second-order valence-electron chi connectivity index (χ2n) is 10.9. The summed E-state index contributed by atoms with van der Waals surface area (Å²) in [6.45, 7) is 4.12. The van der Waals surface area contributed by atoms with Gasteiger partial charge in [0.05, 0.1) is 40.6 Å². The summed E-state index contributed by atoms with van der Waals surface area (Å²) >= 11 is 0. The van der Waals surface area contributed by atoms with Crippen LogP contribution in [0, 0.1) is 12.7 Å². The average Bonchev–Trinajstić information content (AvgIpc) is 3.51. The first kappa shape index (κ1) is 25.3. The lowest BCUT2D eigenvalue weighted by Gasteiger charge is -2.41. The number of carbonyl (C=O) groups excluding carboxylic acids is 1. The normalized spacial score (nSPS) is 19.0. The molecule has 0 saturated carbocycles. The van der Waals surface area contributed by atoms with Crippen LogP contribution in [-0.4, -0.2) is 69.6 Å². The van der Waals surface area contributed by atoms with E-state index in [1.165, 1.54) is 0 Å². The highest BCUT2D eigenvalue weighted by Crippen LogP contribution is 2.36. The van der Waals surface area contributed by atoms with E-state index >= 15 is 0 Å². The Morgan fingerprint density at radius 1 is 1.18 bits per heavy atom. The zero-order valence-electron chi connectivity index (χ0n) is 22.3. The SMILES string of the molecule is Cc1ccn2c(-c3ccc(Nc4ccc(N5CCCC(O)(CN(C)C)C5)cn4)c4c3CNC4=O)cnc2c1F. The zero-order chi connectivity index (χ0) is 27.3. The quantitative estimate of drug-likeness (QED) is 0.350. The van der Waals surface area contributed by atoms with Crippen LogP contribution in [0.15, 0.2) is 48.9 Å². The maximum atomic E-state index is 14.6. The summed E-state index contributed by atoms with van der Waals surface area (Å²) < 4.78 is 16.3. The zero-order valence-corrected chi connectivity index (χ0v) is 22.3. The highest BCUT2D eigenvalue weighted by molar-refractivity contribution is 6.06. The van der Waals surface area contributed by atoms with Gasteiger partial charge < -0.3 is 25.5 Å². The van der Waals surface area contributed by atoms with E-state index in [1.807, 2.05) is 43.3 Å². The van der Waals surface area contributed by atoms with Gasteiger partial charge in [0.2, 0.25) is 0 Å². The van der Waals surface area contributed by atoms with Gasteiger partial charge in [0.15, 0.2) is 11.5 Å². The minimum atomic E-state index is -0.750. The number of carbonyl (C=O) groups is 1. The highest BCUT2D eigenvalue weighted by Gasteiger charge is 2.34. The van der Waals surface area contributed by atoms with Crippen LogP contribution in [0.25, 0.3) is 16.9 Å². The molecule has 3 N–H and O–H groups in total. The molecular weight excluding hydrogens is 497 g/mol. The molecule has 202 valence electrons. The van der Waals surface area contributed by atoms with Gasteiger partial charge in [0.25, 0.3) is 5.91 Å². The molecule has 4 aromatic rings. The lowest BCUT2D eigenvalue weighted by molar-refractivity contribution is 0.00369. The van der Waals surface area contributed by atoms with E-state index in [1.54, 1.807) is 36.0 Å². The Labute approximate surface area is 226 Å². The number of aliphatic hydroxyl groups is 1. The van der Waals surface area contributed by atoms with Crippen LogP contribution in [0.4, 0.5) is 21.6 Å². The fraction of sp³-hybridized carbons (Fsp3) is 0.345. The van der Waals surface area contributed by atoms with Gasteiger partial charge in [0.1, 0.15) is 5.82 Å². The number of imidazole rings is 1. The lowest BCUT2D eigenvalue weighted by atomic mass is 9.92. The Morgan fingerprint density at radius 2 is 2.03 bits per heavy atom. The topological polar surface area (TPSA) is 98.0 Å². The second kappa shape index (κ2) is 9.62. The molecule has 5 heterocycles. The van der Waals surface area contributed by atoms with Crippen LogP contribution < -0.4 is 15.5 Å². The smallest absolute Gasteiger partial charge is 0.254 e. The fourth-order valence-corrected chi connectivity index (χ4v) is 5.84.